The molecule has 3 fully saturated rings. The van der Waals surface area contributed by atoms with E-state index in [9.17, 15) is 14.7 Å². The molecule has 128 valence electrons. The van der Waals surface area contributed by atoms with Gasteiger partial charge in [0, 0.05) is 51.3 Å². The first kappa shape index (κ1) is 15.6. The topological polar surface area (TPSA) is 64.1 Å². The van der Waals surface area contributed by atoms with Gasteiger partial charge in [0.15, 0.2) is 0 Å². The molecule has 2 amide bonds. The van der Waals surface area contributed by atoms with Crippen LogP contribution in [-0.2, 0) is 4.79 Å². The number of benzene rings is 1. The number of aliphatic hydroxyl groups is 1. The van der Waals surface area contributed by atoms with Crippen molar-refractivity contribution in [3.05, 3.63) is 35.9 Å². The van der Waals surface area contributed by atoms with Crippen molar-refractivity contribution in [1.82, 2.24) is 14.7 Å². The molecule has 24 heavy (non-hydrogen) atoms. The Labute approximate surface area is 141 Å². The van der Waals surface area contributed by atoms with Gasteiger partial charge in [-0.1, -0.05) is 18.2 Å². The van der Waals surface area contributed by atoms with E-state index in [4.69, 9.17) is 0 Å². The van der Waals surface area contributed by atoms with Crippen molar-refractivity contribution in [2.45, 2.75) is 31.0 Å². The van der Waals surface area contributed by atoms with Crippen LogP contribution >= 0.6 is 0 Å². The Bertz CT molecular complexity index is 657. The number of aliphatic hydroxyl groups excluding tert-OH is 1. The van der Waals surface area contributed by atoms with Gasteiger partial charge < -0.3 is 14.9 Å². The van der Waals surface area contributed by atoms with Crippen LogP contribution in [0.25, 0.3) is 0 Å². The summed E-state index contributed by atoms with van der Waals surface area (Å²) in [5, 5.41) is 10.1. The predicted octanol–water partition coefficient (Wildman–Crippen LogP) is 0.179. The molecule has 3 aliphatic heterocycles. The average molecular weight is 329 g/mol. The zero-order chi connectivity index (χ0) is 16.9. The Hall–Kier alpha value is -1.92. The maximum absolute atomic E-state index is 12.9. The Morgan fingerprint density at radius 1 is 1.08 bits per heavy atom. The molecule has 3 saturated heterocycles. The molecule has 1 N–H and O–H groups in total. The Morgan fingerprint density at radius 3 is 2.42 bits per heavy atom. The van der Waals surface area contributed by atoms with Crippen LogP contribution < -0.4 is 0 Å². The Balaban J connectivity index is 1.58. The molecule has 3 heterocycles. The van der Waals surface area contributed by atoms with E-state index in [1.54, 1.807) is 6.92 Å². The summed E-state index contributed by atoms with van der Waals surface area (Å²) < 4.78 is 0. The van der Waals surface area contributed by atoms with Crippen molar-refractivity contribution in [3.8, 4) is 0 Å². The van der Waals surface area contributed by atoms with Crippen molar-refractivity contribution in [3.63, 3.8) is 0 Å². The summed E-state index contributed by atoms with van der Waals surface area (Å²) in [6.07, 6.45) is 0.352. The fraction of sp³-hybridized carbons (Fsp3) is 0.556. The number of carbonyl (C=O) groups is 2. The predicted molar refractivity (Wildman–Crippen MR) is 88.4 cm³/mol. The highest BCUT2D eigenvalue weighted by Crippen LogP contribution is 2.39. The SMILES string of the molecule is CC(=O)N1CC2(C1)CN(C(=O)c1ccccc1)C[C@H]1C[C@@H](O)CN12. The highest BCUT2D eigenvalue weighted by atomic mass is 16.3. The molecule has 1 spiro atoms. The Morgan fingerprint density at radius 2 is 1.75 bits per heavy atom. The average Bonchev–Trinajstić information content (AvgIpc) is 2.92. The number of hydrogen-bond donors (Lipinski definition) is 1. The fourth-order valence-electron chi connectivity index (χ4n) is 4.50. The number of likely N-dealkylation sites (tertiary alicyclic amines) is 1. The first-order chi connectivity index (χ1) is 11.5. The lowest BCUT2D eigenvalue weighted by atomic mass is 9.83. The Kier molecular flexibility index (Phi) is 3.62. The van der Waals surface area contributed by atoms with Gasteiger partial charge in [0.1, 0.15) is 0 Å². The number of amides is 2. The lowest BCUT2D eigenvalue weighted by Gasteiger charge is -2.60. The van der Waals surface area contributed by atoms with Crippen LogP contribution in [0.3, 0.4) is 0 Å². The van der Waals surface area contributed by atoms with Crippen molar-refractivity contribution < 1.29 is 14.7 Å². The molecule has 1 aromatic carbocycles. The van der Waals surface area contributed by atoms with E-state index in [1.165, 1.54) is 0 Å². The molecule has 6 heteroatoms. The molecular formula is C18H23N3O3. The van der Waals surface area contributed by atoms with E-state index in [0.717, 1.165) is 0 Å². The number of fused-ring (bicyclic) bond motifs is 2. The third kappa shape index (κ3) is 2.41. The van der Waals surface area contributed by atoms with Crippen molar-refractivity contribution >= 4 is 11.8 Å². The van der Waals surface area contributed by atoms with E-state index >= 15 is 0 Å². The van der Waals surface area contributed by atoms with Gasteiger partial charge >= 0.3 is 0 Å². The smallest absolute Gasteiger partial charge is 0.253 e. The van der Waals surface area contributed by atoms with Crippen LogP contribution in [0.2, 0.25) is 0 Å². The van der Waals surface area contributed by atoms with Crippen LogP contribution in [0.5, 0.6) is 0 Å². The van der Waals surface area contributed by atoms with Crippen LogP contribution in [0.4, 0.5) is 0 Å². The zero-order valence-corrected chi connectivity index (χ0v) is 13.9. The summed E-state index contributed by atoms with van der Waals surface area (Å²) in [4.78, 5) is 30.6. The second-order valence-corrected chi connectivity index (χ2v) is 7.35. The molecule has 3 aliphatic rings. The zero-order valence-electron chi connectivity index (χ0n) is 13.9. The molecule has 0 bridgehead atoms. The molecular weight excluding hydrogens is 306 g/mol. The van der Waals surface area contributed by atoms with Gasteiger partial charge in [0.05, 0.1) is 11.6 Å². The summed E-state index contributed by atoms with van der Waals surface area (Å²) in [5.41, 5.74) is 0.499. The standard InChI is InChI=1S/C18H23N3O3/c1-13(22)20-11-18(12-20)10-19(8-15-7-16(23)9-21(15)18)17(24)14-5-3-2-4-6-14/h2-6,15-16,23H,7-12H2,1H3/t15-,16-/m1/s1. The van der Waals surface area contributed by atoms with Gasteiger partial charge in [-0.2, -0.15) is 0 Å². The highest BCUT2D eigenvalue weighted by molar-refractivity contribution is 5.94. The monoisotopic (exact) mass is 329 g/mol. The number of β-amino-alcohol motifs (C(OH)–C–C–N with tert-alkyl or cyclic N) is 1. The molecule has 4 rings (SSSR count). The van der Waals surface area contributed by atoms with Crippen LogP contribution in [-0.4, -0.2) is 82.0 Å². The minimum absolute atomic E-state index is 0.0392. The second kappa shape index (κ2) is 5.57. The molecule has 0 aliphatic carbocycles. The van der Waals surface area contributed by atoms with E-state index in [1.807, 2.05) is 40.1 Å². The molecule has 1 aromatic rings. The summed E-state index contributed by atoms with van der Waals surface area (Å²) >= 11 is 0. The van der Waals surface area contributed by atoms with E-state index in [2.05, 4.69) is 4.90 Å². The molecule has 2 atom stereocenters. The quantitative estimate of drug-likeness (QED) is 0.798. The number of piperazine rings is 1. The van der Waals surface area contributed by atoms with Crippen molar-refractivity contribution in [1.29, 1.82) is 0 Å². The normalized spacial score (nSPS) is 28.6. The third-order valence-corrected chi connectivity index (χ3v) is 5.64. The summed E-state index contributed by atoms with van der Waals surface area (Å²) in [6.45, 7) is 4.78. The number of carbonyl (C=O) groups excluding carboxylic acids is 2. The summed E-state index contributed by atoms with van der Waals surface area (Å²) in [6, 6.07) is 9.51. The van der Waals surface area contributed by atoms with E-state index in [0.29, 0.717) is 44.7 Å². The fourth-order valence-corrected chi connectivity index (χ4v) is 4.50. The summed E-state index contributed by atoms with van der Waals surface area (Å²) in [5.74, 6) is 0.112. The van der Waals surface area contributed by atoms with Crippen molar-refractivity contribution in [2.75, 3.05) is 32.7 Å². The maximum Gasteiger partial charge on any atom is 0.253 e. The van der Waals surface area contributed by atoms with Crippen molar-refractivity contribution in [2.24, 2.45) is 0 Å². The molecule has 6 nitrogen and oxygen atoms in total. The van der Waals surface area contributed by atoms with Gasteiger partial charge in [-0.05, 0) is 18.6 Å². The number of nitrogens with zero attached hydrogens (tertiary/aromatic N) is 3. The maximum atomic E-state index is 12.9. The van der Waals surface area contributed by atoms with Gasteiger partial charge in [-0.25, -0.2) is 0 Å². The molecule has 0 unspecified atom stereocenters. The van der Waals surface area contributed by atoms with Crippen LogP contribution in [0.15, 0.2) is 30.3 Å². The highest BCUT2D eigenvalue weighted by Gasteiger charge is 2.57. The lowest BCUT2D eigenvalue weighted by Crippen LogP contribution is -2.78. The largest absolute Gasteiger partial charge is 0.392 e. The van der Waals surface area contributed by atoms with Gasteiger partial charge in [0.2, 0.25) is 5.91 Å². The van der Waals surface area contributed by atoms with Gasteiger partial charge in [-0.15, -0.1) is 0 Å². The van der Waals surface area contributed by atoms with E-state index < -0.39 is 0 Å². The lowest BCUT2D eigenvalue weighted by molar-refractivity contribution is -0.151. The molecule has 0 aromatic heterocycles. The minimum Gasteiger partial charge on any atom is -0.392 e. The number of rotatable bonds is 1. The summed E-state index contributed by atoms with van der Waals surface area (Å²) in [7, 11) is 0. The van der Waals surface area contributed by atoms with Gasteiger partial charge in [-0.3, -0.25) is 14.5 Å². The molecule has 0 radical (unpaired) electrons. The van der Waals surface area contributed by atoms with E-state index in [-0.39, 0.29) is 29.5 Å². The third-order valence-electron chi connectivity index (χ3n) is 5.64. The molecule has 0 saturated carbocycles. The minimum atomic E-state index is -0.343. The first-order valence-electron chi connectivity index (χ1n) is 8.53. The first-order valence-corrected chi connectivity index (χ1v) is 8.53. The van der Waals surface area contributed by atoms with Crippen LogP contribution in [0.1, 0.15) is 23.7 Å². The number of hydrogen-bond acceptors (Lipinski definition) is 4. The van der Waals surface area contributed by atoms with Crippen LogP contribution in [0, 0.1) is 0 Å². The van der Waals surface area contributed by atoms with Gasteiger partial charge in [0.25, 0.3) is 5.91 Å². The second-order valence-electron chi connectivity index (χ2n) is 7.35.